The van der Waals surface area contributed by atoms with Crippen LogP contribution in [0.1, 0.15) is 24.4 Å². The molecule has 11 nitrogen and oxygen atoms in total. The summed E-state index contributed by atoms with van der Waals surface area (Å²) >= 11 is 5.94. The molecule has 3 aromatic rings. The van der Waals surface area contributed by atoms with E-state index in [0.717, 1.165) is 16.9 Å². The fraction of sp³-hybridized carbons (Fsp3) is 0.250. The maximum atomic E-state index is 12.4. The molecule has 1 atom stereocenters. The van der Waals surface area contributed by atoms with Crippen LogP contribution in [0.15, 0.2) is 72.9 Å². The quantitative estimate of drug-likeness (QED) is 0.161. The van der Waals surface area contributed by atoms with Crippen molar-refractivity contribution >= 4 is 41.3 Å². The average molecular weight is 624 g/mol. The molecule has 43 heavy (non-hydrogen) atoms. The molecular formula is C28H29ClF3N5O6. The highest BCUT2D eigenvalue weighted by Gasteiger charge is 2.38. The van der Waals surface area contributed by atoms with Crippen molar-refractivity contribution < 1.29 is 42.6 Å². The largest absolute Gasteiger partial charge is 0.490 e. The lowest BCUT2D eigenvalue weighted by Gasteiger charge is -2.18. The zero-order valence-electron chi connectivity index (χ0n) is 22.5. The molecule has 3 rings (SSSR count). The van der Waals surface area contributed by atoms with Gasteiger partial charge in [0.25, 0.3) is 0 Å². The first-order chi connectivity index (χ1) is 20.3. The second-order valence-electron chi connectivity index (χ2n) is 8.75. The van der Waals surface area contributed by atoms with Gasteiger partial charge in [-0.1, -0.05) is 54.1 Å². The molecule has 1 unspecified atom stereocenters. The van der Waals surface area contributed by atoms with Crippen molar-refractivity contribution in [1.29, 1.82) is 0 Å². The lowest BCUT2D eigenvalue weighted by atomic mass is 9.99. The molecule has 0 aliphatic heterocycles. The van der Waals surface area contributed by atoms with E-state index >= 15 is 0 Å². The van der Waals surface area contributed by atoms with Crippen LogP contribution in [0.5, 0.6) is 0 Å². The Morgan fingerprint density at radius 2 is 1.47 bits per heavy atom. The molecule has 0 fully saturated rings. The summed E-state index contributed by atoms with van der Waals surface area (Å²) in [5.41, 5.74) is 2.55. The molecular weight excluding hydrogens is 595 g/mol. The number of urea groups is 1. The Bertz CT molecular complexity index is 1340. The summed E-state index contributed by atoms with van der Waals surface area (Å²) in [5, 5.41) is 28.0. The molecule has 1 heterocycles. The number of carboxylic acid groups (broad SMARTS) is 2. The number of rotatable bonds is 12. The van der Waals surface area contributed by atoms with E-state index in [-0.39, 0.29) is 13.0 Å². The molecule has 2 aromatic carbocycles. The van der Waals surface area contributed by atoms with Crippen molar-refractivity contribution in [3.63, 3.8) is 0 Å². The Labute approximate surface area is 249 Å². The van der Waals surface area contributed by atoms with Crippen LogP contribution in [0.2, 0.25) is 5.02 Å². The molecule has 230 valence electrons. The Morgan fingerprint density at radius 3 is 2.00 bits per heavy atom. The summed E-state index contributed by atoms with van der Waals surface area (Å²) in [7, 11) is 0. The molecule has 0 aliphatic carbocycles. The molecule has 0 aliphatic rings. The van der Waals surface area contributed by atoms with E-state index in [9.17, 15) is 32.7 Å². The molecule has 6 N–H and O–H groups in total. The molecule has 0 radical (unpaired) electrons. The highest BCUT2D eigenvalue weighted by atomic mass is 35.5. The van der Waals surface area contributed by atoms with Gasteiger partial charge in [-0.25, -0.2) is 14.6 Å². The summed E-state index contributed by atoms with van der Waals surface area (Å²) in [6.45, 7) is 0.761. The average Bonchev–Trinajstić information content (AvgIpc) is 2.96. The number of aliphatic carboxylic acids is 2. The SMILES string of the molecule is O=C(O)C(F)(F)F.O=C(O)CC(NC(=O)CNC(=O)NCCCNc1ccccn1)c1ccc(-c2ccc(Cl)cc2)cc1. The lowest BCUT2D eigenvalue weighted by molar-refractivity contribution is -0.192. The van der Waals surface area contributed by atoms with Gasteiger partial charge < -0.3 is 31.5 Å². The van der Waals surface area contributed by atoms with E-state index in [1.807, 2.05) is 42.5 Å². The molecule has 15 heteroatoms. The Hall–Kier alpha value is -4.85. The fourth-order valence-corrected chi connectivity index (χ4v) is 3.55. The predicted octanol–water partition coefficient (Wildman–Crippen LogP) is 4.47. The second-order valence-corrected chi connectivity index (χ2v) is 9.19. The summed E-state index contributed by atoms with van der Waals surface area (Å²) < 4.78 is 31.7. The number of nitrogens with zero attached hydrogens (tertiary/aromatic N) is 1. The van der Waals surface area contributed by atoms with Gasteiger partial charge in [-0.05, 0) is 47.4 Å². The minimum Gasteiger partial charge on any atom is -0.481 e. The molecule has 0 bridgehead atoms. The van der Waals surface area contributed by atoms with Crippen LogP contribution in [0, 0.1) is 0 Å². The normalized spacial score (nSPS) is 11.3. The minimum atomic E-state index is -5.08. The van der Waals surface area contributed by atoms with Crippen molar-refractivity contribution in [2.45, 2.75) is 25.1 Å². The predicted molar refractivity (Wildman–Crippen MR) is 152 cm³/mol. The first-order valence-electron chi connectivity index (χ1n) is 12.7. The van der Waals surface area contributed by atoms with E-state index in [1.165, 1.54) is 0 Å². The van der Waals surface area contributed by atoms with Crippen LogP contribution < -0.4 is 21.3 Å². The van der Waals surface area contributed by atoms with E-state index < -0.39 is 36.1 Å². The van der Waals surface area contributed by atoms with Crippen LogP contribution in [-0.2, 0) is 14.4 Å². The highest BCUT2D eigenvalue weighted by molar-refractivity contribution is 6.30. The number of nitrogens with one attached hydrogen (secondary N) is 4. The summed E-state index contributed by atoms with van der Waals surface area (Å²) in [5.74, 6) is -3.54. The fourth-order valence-electron chi connectivity index (χ4n) is 3.42. The Balaban J connectivity index is 0.000000821. The van der Waals surface area contributed by atoms with Gasteiger partial charge in [-0.2, -0.15) is 13.2 Å². The maximum Gasteiger partial charge on any atom is 0.490 e. The van der Waals surface area contributed by atoms with E-state index in [2.05, 4.69) is 26.3 Å². The summed E-state index contributed by atoms with van der Waals surface area (Å²) in [6.07, 6.45) is -3.01. The topological polar surface area (TPSA) is 170 Å². The van der Waals surface area contributed by atoms with E-state index in [1.54, 1.807) is 30.5 Å². The van der Waals surface area contributed by atoms with Gasteiger partial charge in [0, 0.05) is 24.3 Å². The van der Waals surface area contributed by atoms with Gasteiger partial charge in [0.2, 0.25) is 5.91 Å². The number of halogens is 4. The second kappa shape index (κ2) is 17.2. The van der Waals surface area contributed by atoms with Gasteiger partial charge in [0.05, 0.1) is 19.0 Å². The van der Waals surface area contributed by atoms with Gasteiger partial charge >= 0.3 is 24.1 Å². The first-order valence-corrected chi connectivity index (χ1v) is 13.1. The summed E-state index contributed by atoms with van der Waals surface area (Å²) in [4.78, 5) is 48.8. The number of hydrogen-bond donors (Lipinski definition) is 6. The van der Waals surface area contributed by atoms with Crippen molar-refractivity contribution in [2.75, 3.05) is 25.0 Å². The lowest BCUT2D eigenvalue weighted by Crippen LogP contribution is -2.43. The molecule has 0 saturated heterocycles. The van der Waals surface area contributed by atoms with Crippen molar-refractivity contribution in [2.24, 2.45) is 0 Å². The number of carbonyl (C=O) groups excluding carboxylic acids is 2. The van der Waals surface area contributed by atoms with Crippen LogP contribution >= 0.6 is 11.6 Å². The number of alkyl halides is 3. The number of amides is 3. The van der Waals surface area contributed by atoms with Crippen molar-refractivity contribution in [1.82, 2.24) is 20.9 Å². The van der Waals surface area contributed by atoms with E-state index in [0.29, 0.717) is 30.1 Å². The number of hydrogen-bond acceptors (Lipinski definition) is 6. The smallest absolute Gasteiger partial charge is 0.481 e. The number of pyridine rings is 1. The van der Waals surface area contributed by atoms with Crippen molar-refractivity contribution in [3.8, 4) is 11.1 Å². The Morgan fingerprint density at radius 1 is 0.860 bits per heavy atom. The molecule has 3 amide bonds. The monoisotopic (exact) mass is 623 g/mol. The molecule has 1 aromatic heterocycles. The molecule has 0 spiro atoms. The van der Waals surface area contributed by atoms with Crippen LogP contribution in [0.4, 0.5) is 23.8 Å². The van der Waals surface area contributed by atoms with Gasteiger partial charge in [-0.15, -0.1) is 0 Å². The third-order valence-corrected chi connectivity index (χ3v) is 5.72. The number of carboxylic acids is 2. The van der Waals surface area contributed by atoms with Crippen LogP contribution in [0.25, 0.3) is 11.1 Å². The zero-order chi connectivity index (χ0) is 31.8. The van der Waals surface area contributed by atoms with Crippen LogP contribution in [-0.4, -0.2) is 64.9 Å². The zero-order valence-corrected chi connectivity index (χ0v) is 23.3. The third kappa shape index (κ3) is 13.6. The Kier molecular flexibility index (Phi) is 13.7. The number of carbonyl (C=O) groups is 4. The number of benzene rings is 2. The van der Waals surface area contributed by atoms with Crippen molar-refractivity contribution in [3.05, 3.63) is 83.5 Å². The summed E-state index contributed by atoms with van der Waals surface area (Å²) in [6, 6.07) is 19.0. The van der Waals surface area contributed by atoms with Gasteiger partial charge in [0.15, 0.2) is 0 Å². The standard InChI is InChI=1S/C26H28ClN5O4.C2HF3O2/c27-21-11-9-19(10-12-21)18-5-7-20(8-6-18)22(16-25(34)35)32-24(33)17-31-26(36)30-15-3-14-29-23-4-1-2-13-28-23;3-2(4,5)1(6)7/h1-2,4-13,22H,3,14-17H2,(H,28,29)(H,32,33)(H,34,35)(H2,30,31,36);(H,6,7). The van der Waals surface area contributed by atoms with Crippen LogP contribution in [0.3, 0.4) is 0 Å². The van der Waals surface area contributed by atoms with Gasteiger partial charge in [-0.3, -0.25) is 9.59 Å². The number of aromatic nitrogens is 1. The third-order valence-electron chi connectivity index (χ3n) is 5.47. The maximum absolute atomic E-state index is 12.4. The highest BCUT2D eigenvalue weighted by Crippen LogP contribution is 2.25. The van der Waals surface area contributed by atoms with Gasteiger partial charge in [0.1, 0.15) is 5.82 Å². The number of anilines is 1. The first kappa shape index (κ1) is 34.4. The molecule has 0 saturated carbocycles. The van der Waals surface area contributed by atoms with E-state index in [4.69, 9.17) is 21.5 Å². The minimum absolute atomic E-state index is 0.281.